The molecule has 0 spiro atoms. The Morgan fingerprint density at radius 2 is 2.00 bits per heavy atom. The first-order chi connectivity index (χ1) is 9.63. The molecule has 1 fully saturated rings. The fraction of sp³-hybridized carbons (Fsp3) is 0.588. The molecule has 3 nitrogen and oxygen atoms in total. The molecule has 0 saturated heterocycles. The Balaban J connectivity index is 1.56. The molecule has 1 aromatic carbocycles. The topological polar surface area (TPSA) is 38.3 Å². The molecule has 20 heavy (non-hydrogen) atoms. The molecule has 2 aliphatic rings. The van der Waals surface area contributed by atoms with Gasteiger partial charge in [0.1, 0.15) is 12.1 Å². The van der Waals surface area contributed by atoms with E-state index in [1.807, 2.05) is 18.2 Å². The van der Waals surface area contributed by atoms with Crippen molar-refractivity contribution >= 4 is 11.7 Å². The second-order valence-corrected chi connectivity index (χ2v) is 6.38. The number of rotatable bonds is 2. The van der Waals surface area contributed by atoms with Gasteiger partial charge in [0.05, 0.1) is 0 Å². The lowest BCUT2D eigenvalue weighted by Crippen LogP contribution is -2.35. The van der Waals surface area contributed by atoms with Gasteiger partial charge in [-0.05, 0) is 42.7 Å². The SMILES string of the molecule is CC1CCC(OC(=O)C2Cc3ccccc3N2)CC1C. The van der Waals surface area contributed by atoms with Gasteiger partial charge in [-0.15, -0.1) is 0 Å². The van der Waals surface area contributed by atoms with Crippen LogP contribution in [0.25, 0.3) is 0 Å². The Labute approximate surface area is 120 Å². The molecular formula is C17H23NO2. The van der Waals surface area contributed by atoms with Crippen LogP contribution in [0.1, 0.15) is 38.7 Å². The van der Waals surface area contributed by atoms with Gasteiger partial charge in [0.25, 0.3) is 0 Å². The third-order valence-corrected chi connectivity index (χ3v) is 4.89. The molecular weight excluding hydrogens is 250 g/mol. The van der Waals surface area contributed by atoms with E-state index in [2.05, 4.69) is 25.2 Å². The van der Waals surface area contributed by atoms with Gasteiger partial charge in [0.2, 0.25) is 0 Å². The molecule has 4 atom stereocenters. The van der Waals surface area contributed by atoms with Crippen molar-refractivity contribution in [2.45, 2.75) is 51.7 Å². The molecule has 0 amide bonds. The summed E-state index contributed by atoms with van der Waals surface area (Å²) in [7, 11) is 0. The first-order valence-corrected chi connectivity index (χ1v) is 7.68. The summed E-state index contributed by atoms with van der Waals surface area (Å²) in [6, 6.07) is 7.89. The maximum absolute atomic E-state index is 12.3. The van der Waals surface area contributed by atoms with Crippen LogP contribution in [0.3, 0.4) is 0 Å². The first kappa shape index (κ1) is 13.5. The molecule has 1 heterocycles. The standard InChI is InChI=1S/C17H23NO2/c1-11-7-8-14(9-12(11)2)20-17(19)16-10-13-5-3-4-6-15(13)18-16/h3-6,11-12,14,16,18H,7-10H2,1-2H3. The van der Waals surface area contributed by atoms with Crippen LogP contribution >= 0.6 is 0 Å². The molecule has 4 unspecified atom stereocenters. The van der Waals surface area contributed by atoms with E-state index in [-0.39, 0.29) is 18.1 Å². The van der Waals surface area contributed by atoms with E-state index in [1.54, 1.807) is 0 Å². The van der Waals surface area contributed by atoms with Gasteiger partial charge < -0.3 is 10.1 Å². The van der Waals surface area contributed by atoms with E-state index in [1.165, 1.54) is 5.56 Å². The molecule has 0 bridgehead atoms. The summed E-state index contributed by atoms with van der Waals surface area (Å²) < 4.78 is 5.72. The van der Waals surface area contributed by atoms with Gasteiger partial charge >= 0.3 is 5.97 Å². The lowest BCUT2D eigenvalue weighted by molar-refractivity contribution is -0.152. The third-order valence-electron chi connectivity index (χ3n) is 4.89. The molecule has 1 aliphatic carbocycles. The predicted molar refractivity (Wildman–Crippen MR) is 79.6 cm³/mol. The molecule has 1 aromatic rings. The molecule has 1 N–H and O–H groups in total. The van der Waals surface area contributed by atoms with Crippen LogP contribution in [0, 0.1) is 11.8 Å². The minimum Gasteiger partial charge on any atom is -0.461 e. The number of carbonyl (C=O) groups is 1. The van der Waals surface area contributed by atoms with E-state index in [9.17, 15) is 4.79 Å². The molecule has 108 valence electrons. The van der Waals surface area contributed by atoms with E-state index in [0.717, 1.165) is 37.3 Å². The molecule has 1 saturated carbocycles. The van der Waals surface area contributed by atoms with Gasteiger partial charge in [0, 0.05) is 12.1 Å². The Bertz CT molecular complexity index is 475. The highest BCUT2D eigenvalue weighted by atomic mass is 16.5. The molecule has 0 aromatic heterocycles. The smallest absolute Gasteiger partial charge is 0.329 e. The fourth-order valence-corrected chi connectivity index (χ4v) is 3.29. The maximum Gasteiger partial charge on any atom is 0.329 e. The number of hydrogen-bond acceptors (Lipinski definition) is 3. The van der Waals surface area contributed by atoms with Gasteiger partial charge in [-0.3, -0.25) is 0 Å². The third kappa shape index (κ3) is 2.67. The number of esters is 1. The van der Waals surface area contributed by atoms with Crippen molar-refractivity contribution in [3.8, 4) is 0 Å². The van der Waals surface area contributed by atoms with Gasteiger partial charge in [-0.25, -0.2) is 4.79 Å². The van der Waals surface area contributed by atoms with Crippen molar-refractivity contribution in [2.75, 3.05) is 5.32 Å². The van der Waals surface area contributed by atoms with Crippen molar-refractivity contribution in [1.82, 2.24) is 0 Å². The highest BCUT2D eigenvalue weighted by Crippen LogP contribution is 2.32. The normalized spacial score (nSPS) is 32.3. The van der Waals surface area contributed by atoms with Crippen LogP contribution in [0.4, 0.5) is 5.69 Å². The minimum atomic E-state index is -0.206. The number of ether oxygens (including phenoxy) is 1. The number of fused-ring (bicyclic) bond motifs is 1. The summed E-state index contributed by atoms with van der Waals surface area (Å²) in [6.07, 6.45) is 4.04. The van der Waals surface area contributed by atoms with Crippen LogP contribution in [-0.2, 0) is 16.0 Å². The minimum absolute atomic E-state index is 0.0899. The Morgan fingerprint density at radius 3 is 2.75 bits per heavy atom. The number of hydrogen-bond donors (Lipinski definition) is 1. The first-order valence-electron chi connectivity index (χ1n) is 7.68. The van der Waals surface area contributed by atoms with Crippen molar-refractivity contribution in [2.24, 2.45) is 11.8 Å². The van der Waals surface area contributed by atoms with Crippen LogP contribution in [0.15, 0.2) is 24.3 Å². The van der Waals surface area contributed by atoms with E-state index in [0.29, 0.717) is 5.92 Å². The van der Waals surface area contributed by atoms with Gasteiger partial charge in [0.15, 0.2) is 0 Å². The predicted octanol–water partition coefficient (Wildman–Crippen LogP) is 3.39. The van der Waals surface area contributed by atoms with Crippen molar-refractivity contribution < 1.29 is 9.53 Å². The number of anilines is 1. The Kier molecular flexibility index (Phi) is 3.68. The van der Waals surface area contributed by atoms with Crippen molar-refractivity contribution in [3.05, 3.63) is 29.8 Å². The Morgan fingerprint density at radius 1 is 1.20 bits per heavy atom. The number of carbonyl (C=O) groups excluding carboxylic acids is 1. The zero-order valence-electron chi connectivity index (χ0n) is 12.3. The zero-order valence-corrected chi connectivity index (χ0v) is 12.3. The molecule has 1 aliphatic heterocycles. The molecule has 0 radical (unpaired) electrons. The Hall–Kier alpha value is -1.51. The average molecular weight is 273 g/mol. The van der Waals surface area contributed by atoms with Crippen LogP contribution in [0.2, 0.25) is 0 Å². The second-order valence-electron chi connectivity index (χ2n) is 6.38. The van der Waals surface area contributed by atoms with Crippen molar-refractivity contribution in [1.29, 1.82) is 0 Å². The van der Waals surface area contributed by atoms with Crippen molar-refractivity contribution in [3.63, 3.8) is 0 Å². The molecule has 3 rings (SSSR count). The van der Waals surface area contributed by atoms with E-state index in [4.69, 9.17) is 4.74 Å². The summed E-state index contributed by atoms with van der Waals surface area (Å²) in [5, 5.41) is 3.27. The van der Waals surface area contributed by atoms with Crippen LogP contribution in [-0.4, -0.2) is 18.1 Å². The number of para-hydroxylation sites is 1. The summed E-state index contributed by atoms with van der Waals surface area (Å²) in [5.74, 6) is 1.31. The summed E-state index contributed by atoms with van der Waals surface area (Å²) in [4.78, 5) is 12.3. The summed E-state index contributed by atoms with van der Waals surface area (Å²) in [5.41, 5.74) is 2.28. The second kappa shape index (κ2) is 5.47. The van der Waals surface area contributed by atoms with Crippen LogP contribution < -0.4 is 5.32 Å². The van der Waals surface area contributed by atoms with Gasteiger partial charge in [-0.2, -0.15) is 0 Å². The highest BCUT2D eigenvalue weighted by Gasteiger charge is 2.32. The van der Waals surface area contributed by atoms with E-state index < -0.39 is 0 Å². The fourth-order valence-electron chi connectivity index (χ4n) is 3.29. The van der Waals surface area contributed by atoms with E-state index >= 15 is 0 Å². The largest absolute Gasteiger partial charge is 0.461 e. The number of nitrogens with one attached hydrogen (secondary N) is 1. The maximum atomic E-state index is 12.3. The highest BCUT2D eigenvalue weighted by molar-refractivity contribution is 5.83. The lowest BCUT2D eigenvalue weighted by atomic mass is 9.80. The summed E-state index contributed by atoms with van der Waals surface area (Å²) in [6.45, 7) is 4.55. The quantitative estimate of drug-likeness (QED) is 0.839. The average Bonchev–Trinajstić information content (AvgIpc) is 2.87. The van der Waals surface area contributed by atoms with Crippen LogP contribution in [0.5, 0.6) is 0 Å². The molecule has 3 heteroatoms. The number of benzene rings is 1. The summed E-state index contributed by atoms with van der Waals surface area (Å²) >= 11 is 0. The lowest BCUT2D eigenvalue weighted by Gasteiger charge is -2.32. The van der Waals surface area contributed by atoms with Gasteiger partial charge in [-0.1, -0.05) is 32.0 Å². The monoisotopic (exact) mass is 273 g/mol. The zero-order chi connectivity index (χ0) is 14.1.